The summed E-state index contributed by atoms with van der Waals surface area (Å²) in [5, 5.41) is 3.85. The quantitative estimate of drug-likeness (QED) is 0.564. The maximum absolute atomic E-state index is 13.3. The minimum Gasteiger partial charge on any atom is -0.492 e. The molecule has 1 aromatic carbocycles. The molecule has 8 nitrogen and oxygen atoms in total. The molecule has 1 amide bonds. The van der Waals surface area contributed by atoms with Crippen molar-refractivity contribution in [3.63, 3.8) is 0 Å². The van der Waals surface area contributed by atoms with Crippen LogP contribution in [0.1, 0.15) is 33.4 Å². The first-order chi connectivity index (χ1) is 15.7. The molecule has 0 saturated carbocycles. The number of amides is 1. The zero-order chi connectivity index (χ0) is 23.8. The first-order valence-electron chi connectivity index (χ1n) is 10.8. The molecule has 33 heavy (non-hydrogen) atoms. The molecule has 10 heteroatoms. The Morgan fingerprint density at radius 3 is 2.64 bits per heavy atom. The van der Waals surface area contributed by atoms with E-state index in [0.29, 0.717) is 49.2 Å². The number of fused-ring (bicyclic) bond motifs is 1. The SMILES string of the molecule is CCOc1ccc(S(=O)(=O)N2CCOCC2)cc1NC(=O)c1sc2nc(C)cc(C)c2c1C. The van der Waals surface area contributed by atoms with Gasteiger partial charge in [-0.1, -0.05) is 0 Å². The second-order valence-electron chi connectivity index (χ2n) is 7.88. The third-order valence-electron chi connectivity index (χ3n) is 5.54. The van der Waals surface area contributed by atoms with E-state index in [0.717, 1.165) is 27.0 Å². The van der Waals surface area contributed by atoms with E-state index in [-0.39, 0.29) is 10.8 Å². The molecule has 0 atom stereocenters. The first-order valence-corrected chi connectivity index (χ1v) is 13.0. The summed E-state index contributed by atoms with van der Waals surface area (Å²) in [5.74, 6) is 0.0881. The van der Waals surface area contributed by atoms with Crippen LogP contribution in [-0.2, 0) is 14.8 Å². The number of thiophene rings is 1. The fraction of sp³-hybridized carbons (Fsp3) is 0.391. The fourth-order valence-electron chi connectivity index (χ4n) is 4.00. The van der Waals surface area contributed by atoms with E-state index in [1.807, 2.05) is 33.8 Å². The first kappa shape index (κ1) is 23.6. The molecular weight excluding hydrogens is 462 g/mol. The van der Waals surface area contributed by atoms with Crippen LogP contribution in [0.3, 0.4) is 0 Å². The van der Waals surface area contributed by atoms with Gasteiger partial charge in [-0.15, -0.1) is 11.3 Å². The molecule has 1 aliphatic heterocycles. The molecule has 0 unspecified atom stereocenters. The summed E-state index contributed by atoms with van der Waals surface area (Å²) in [6.07, 6.45) is 0. The number of nitrogens with zero attached hydrogens (tertiary/aromatic N) is 2. The lowest BCUT2D eigenvalue weighted by atomic mass is 10.1. The Morgan fingerprint density at radius 1 is 1.21 bits per heavy atom. The zero-order valence-corrected chi connectivity index (χ0v) is 20.7. The number of carbonyl (C=O) groups excluding carboxylic acids is 1. The van der Waals surface area contributed by atoms with Gasteiger partial charge in [-0.05, 0) is 63.1 Å². The number of aryl methyl sites for hydroxylation is 3. The number of pyridine rings is 1. The number of anilines is 1. The van der Waals surface area contributed by atoms with Crippen molar-refractivity contribution in [2.24, 2.45) is 0 Å². The van der Waals surface area contributed by atoms with E-state index in [1.165, 1.54) is 27.8 Å². The van der Waals surface area contributed by atoms with E-state index < -0.39 is 10.0 Å². The van der Waals surface area contributed by atoms with Crippen molar-refractivity contribution in [2.75, 3.05) is 38.2 Å². The molecule has 1 N–H and O–H groups in total. The Balaban J connectivity index is 1.70. The van der Waals surface area contributed by atoms with Crippen LogP contribution in [0.5, 0.6) is 5.75 Å². The van der Waals surface area contributed by atoms with Crippen molar-refractivity contribution in [2.45, 2.75) is 32.6 Å². The van der Waals surface area contributed by atoms with Crippen molar-refractivity contribution in [1.29, 1.82) is 0 Å². The molecule has 3 heterocycles. The summed E-state index contributed by atoms with van der Waals surface area (Å²) in [5.41, 5.74) is 3.13. The van der Waals surface area contributed by atoms with Crippen LogP contribution < -0.4 is 10.1 Å². The summed E-state index contributed by atoms with van der Waals surface area (Å²) in [7, 11) is -3.72. The Hall–Kier alpha value is -2.53. The molecule has 4 rings (SSSR count). The van der Waals surface area contributed by atoms with Crippen molar-refractivity contribution in [3.8, 4) is 5.75 Å². The van der Waals surface area contributed by atoms with Crippen molar-refractivity contribution < 1.29 is 22.7 Å². The standard InChI is InChI=1S/C23H27N3O5S2/c1-5-31-19-7-6-17(33(28,29)26-8-10-30-11-9-26)13-18(19)25-22(27)21-16(4)20-14(2)12-15(3)24-23(20)32-21/h6-7,12-13H,5,8-11H2,1-4H3,(H,25,27). The molecule has 3 aromatic rings. The van der Waals surface area contributed by atoms with Gasteiger partial charge in [-0.25, -0.2) is 13.4 Å². The van der Waals surface area contributed by atoms with E-state index >= 15 is 0 Å². The van der Waals surface area contributed by atoms with Gasteiger partial charge >= 0.3 is 0 Å². The molecule has 2 aromatic heterocycles. The van der Waals surface area contributed by atoms with E-state index in [9.17, 15) is 13.2 Å². The second-order valence-corrected chi connectivity index (χ2v) is 10.8. The highest BCUT2D eigenvalue weighted by atomic mass is 32.2. The van der Waals surface area contributed by atoms with Gasteiger partial charge in [0.1, 0.15) is 10.6 Å². The maximum atomic E-state index is 13.3. The number of ether oxygens (including phenoxy) is 2. The van der Waals surface area contributed by atoms with Gasteiger partial charge in [0, 0.05) is 24.2 Å². The maximum Gasteiger partial charge on any atom is 0.266 e. The van der Waals surface area contributed by atoms with E-state index in [2.05, 4.69) is 10.3 Å². The van der Waals surface area contributed by atoms with Gasteiger partial charge in [0.15, 0.2) is 0 Å². The number of carbonyl (C=O) groups is 1. The third-order valence-corrected chi connectivity index (χ3v) is 8.62. The monoisotopic (exact) mass is 489 g/mol. The van der Waals surface area contributed by atoms with Crippen LogP contribution in [0, 0.1) is 20.8 Å². The third kappa shape index (κ3) is 4.61. The largest absolute Gasteiger partial charge is 0.492 e. The van der Waals surface area contributed by atoms with Crippen LogP contribution in [0.25, 0.3) is 10.2 Å². The zero-order valence-electron chi connectivity index (χ0n) is 19.1. The Labute approximate surface area is 197 Å². The van der Waals surface area contributed by atoms with Crippen molar-refractivity contribution in [3.05, 3.63) is 46.0 Å². The number of nitrogens with one attached hydrogen (secondary N) is 1. The highest BCUT2D eigenvalue weighted by Gasteiger charge is 2.28. The lowest BCUT2D eigenvalue weighted by molar-refractivity contribution is 0.0730. The fourth-order valence-corrected chi connectivity index (χ4v) is 6.63. The predicted molar refractivity (Wildman–Crippen MR) is 129 cm³/mol. The number of hydrogen-bond acceptors (Lipinski definition) is 7. The second kappa shape index (κ2) is 9.38. The lowest BCUT2D eigenvalue weighted by Gasteiger charge is -2.26. The van der Waals surface area contributed by atoms with Crippen LogP contribution in [0.2, 0.25) is 0 Å². The molecule has 0 aliphatic carbocycles. The Kier molecular flexibility index (Phi) is 6.71. The lowest BCUT2D eigenvalue weighted by Crippen LogP contribution is -2.40. The van der Waals surface area contributed by atoms with E-state index in [1.54, 1.807) is 6.07 Å². The number of aromatic nitrogens is 1. The molecular formula is C23H27N3O5S2. The topological polar surface area (TPSA) is 97.8 Å². The van der Waals surface area contributed by atoms with Crippen molar-refractivity contribution in [1.82, 2.24) is 9.29 Å². The summed E-state index contributed by atoms with van der Waals surface area (Å²) in [6.45, 7) is 9.35. The Morgan fingerprint density at radius 2 is 1.94 bits per heavy atom. The van der Waals surface area contributed by atoms with Crippen LogP contribution in [-0.4, -0.2) is 56.5 Å². The van der Waals surface area contributed by atoms with Crippen LogP contribution in [0.4, 0.5) is 5.69 Å². The molecule has 0 bridgehead atoms. The number of morpholine rings is 1. The molecule has 176 valence electrons. The summed E-state index contributed by atoms with van der Waals surface area (Å²) < 4.78 is 38.6. The van der Waals surface area contributed by atoms with Gasteiger partial charge in [-0.3, -0.25) is 4.79 Å². The average molecular weight is 490 g/mol. The van der Waals surface area contributed by atoms with Crippen molar-refractivity contribution >= 4 is 43.2 Å². The minimum atomic E-state index is -3.72. The minimum absolute atomic E-state index is 0.101. The normalized spacial score (nSPS) is 15.0. The summed E-state index contributed by atoms with van der Waals surface area (Å²) in [6, 6.07) is 6.55. The predicted octanol–water partition coefficient (Wildman–Crippen LogP) is 3.89. The Bertz CT molecular complexity index is 1310. The molecule has 0 radical (unpaired) electrons. The van der Waals surface area contributed by atoms with Gasteiger partial charge in [0.05, 0.1) is 35.3 Å². The summed E-state index contributed by atoms with van der Waals surface area (Å²) in [4.78, 5) is 19.3. The average Bonchev–Trinajstić information content (AvgIpc) is 3.12. The highest BCUT2D eigenvalue weighted by molar-refractivity contribution is 7.89. The molecule has 1 saturated heterocycles. The molecule has 1 aliphatic rings. The van der Waals surface area contributed by atoms with Gasteiger partial charge < -0.3 is 14.8 Å². The van der Waals surface area contributed by atoms with Gasteiger partial charge in [0.2, 0.25) is 10.0 Å². The number of rotatable bonds is 6. The highest BCUT2D eigenvalue weighted by Crippen LogP contribution is 2.34. The molecule has 1 fully saturated rings. The van der Waals surface area contributed by atoms with Crippen LogP contribution in [0.15, 0.2) is 29.2 Å². The summed E-state index contributed by atoms with van der Waals surface area (Å²) >= 11 is 1.33. The number of benzene rings is 1. The number of hydrogen-bond donors (Lipinski definition) is 1. The van der Waals surface area contributed by atoms with Gasteiger partial charge in [-0.2, -0.15) is 4.31 Å². The van der Waals surface area contributed by atoms with Gasteiger partial charge in [0.25, 0.3) is 5.91 Å². The van der Waals surface area contributed by atoms with Crippen LogP contribution >= 0.6 is 11.3 Å². The molecule has 0 spiro atoms. The number of sulfonamides is 1. The smallest absolute Gasteiger partial charge is 0.266 e. The van der Waals surface area contributed by atoms with E-state index in [4.69, 9.17) is 9.47 Å².